The summed E-state index contributed by atoms with van der Waals surface area (Å²) in [6, 6.07) is 0. The SMILES string of the molecule is CCCCC1CCC(C(=O)Nc2sc(C(=O)OC3CCCCC3)c(C)c2C(=O)OCC)CC1. The molecule has 0 atom stereocenters. The second-order valence-corrected chi connectivity index (χ2v) is 10.5. The van der Waals surface area contributed by atoms with Crippen LogP contribution in [-0.4, -0.2) is 30.6 Å². The van der Waals surface area contributed by atoms with Gasteiger partial charge < -0.3 is 14.8 Å². The van der Waals surface area contributed by atoms with Crippen molar-refractivity contribution >= 4 is 34.2 Å². The fraction of sp³-hybridized carbons (Fsp3) is 0.731. The smallest absolute Gasteiger partial charge is 0.348 e. The molecule has 7 heteroatoms. The molecule has 2 aliphatic carbocycles. The van der Waals surface area contributed by atoms with Gasteiger partial charge in [-0.15, -0.1) is 11.3 Å². The molecular formula is C26H39NO5S. The molecule has 0 aromatic carbocycles. The van der Waals surface area contributed by atoms with Crippen molar-refractivity contribution in [2.75, 3.05) is 11.9 Å². The Morgan fingerprint density at radius 1 is 0.970 bits per heavy atom. The van der Waals surface area contributed by atoms with E-state index >= 15 is 0 Å². The Morgan fingerprint density at radius 2 is 1.67 bits per heavy atom. The second kappa shape index (κ2) is 12.5. The first kappa shape index (κ1) is 25.7. The van der Waals surface area contributed by atoms with E-state index in [1.54, 1.807) is 13.8 Å². The molecule has 0 aliphatic heterocycles. The lowest BCUT2D eigenvalue weighted by Crippen LogP contribution is -2.27. The maximum atomic E-state index is 13.1. The van der Waals surface area contributed by atoms with Crippen LogP contribution in [-0.2, 0) is 14.3 Å². The number of esters is 2. The van der Waals surface area contributed by atoms with Crippen molar-refractivity contribution in [2.45, 2.75) is 104 Å². The van der Waals surface area contributed by atoms with Crippen molar-refractivity contribution in [2.24, 2.45) is 11.8 Å². The summed E-state index contributed by atoms with van der Waals surface area (Å²) in [5.74, 6) is -0.330. The molecule has 1 amide bonds. The van der Waals surface area contributed by atoms with Gasteiger partial charge in [0.05, 0.1) is 12.2 Å². The van der Waals surface area contributed by atoms with Gasteiger partial charge in [0.15, 0.2) is 0 Å². The monoisotopic (exact) mass is 477 g/mol. The number of rotatable bonds is 9. The highest BCUT2D eigenvalue weighted by Gasteiger charge is 2.31. The van der Waals surface area contributed by atoms with Crippen LogP contribution >= 0.6 is 11.3 Å². The number of hydrogen-bond donors (Lipinski definition) is 1. The zero-order chi connectivity index (χ0) is 23.8. The van der Waals surface area contributed by atoms with E-state index in [9.17, 15) is 14.4 Å². The molecule has 184 valence electrons. The van der Waals surface area contributed by atoms with Crippen molar-refractivity contribution in [3.8, 4) is 0 Å². The molecule has 0 bridgehead atoms. The fourth-order valence-corrected chi connectivity index (χ4v) is 6.13. The van der Waals surface area contributed by atoms with Crippen LogP contribution in [0.5, 0.6) is 0 Å². The van der Waals surface area contributed by atoms with Gasteiger partial charge >= 0.3 is 11.9 Å². The number of unbranched alkanes of at least 4 members (excludes halogenated alkanes) is 1. The van der Waals surface area contributed by atoms with E-state index in [1.807, 2.05) is 0 Å². The van der Waals surface area contributed by atoms with E-state index in [0.29, 0.717) is 21.4 Å². The van der Waals surface area contributed by atoms with Crippen LogP contribution in [0.3, 0.4) is 0 Å². The maximum absolute atomic E-state index is 13.1. The first-order chi connectivity index (χ1) is 15.9. The highest BCUT2D eigenvalue weighted by molar-refractivity contribution is 7.18. The zero-order valence-electron chi connectivity index (χ0n) is 20.4. The summed E-state index contributed by atoms with van der Waals surface area (Å²) in [4.78, 5) is 39.0. The van der Waals surface area contributed by atoms with E-state index in [0.717, 1.165) is 62.7 Å². The van der Waals surface area contributed by atoms with Crippen molar-refractivity contribution < 1.29 is 23.9 Å². The summed E-state index contributed by atoms with van der Waals surface area (Å²) in [5.41, 5.74) is 0.806. The first-order valence-electron chi connectivity index (χ1n) is 12.8. The van der Waals surface area contributed by atoms with Crippen molar-refractivity contribution in [3.05, 3.63) is 16.0 Å². The molecule has 1 aromatic rings. The lowest BCUT2D eigenvalue weighted by Gasteiger charge is -2.27. The van der Waals surface area contributed by atoms with E-state index in [4.69, 9.17) is 9.47 Å². The summed E-state index contributed by atoms with van der Waals surface area (Å²) >= 11 is 1.13. The van der Waals surface area contributed by atoms with Crippen LogP contribution in [0, 0.1) is 18.8 Å². The molecule has 2 saturated carbocycles. The van der Waals surface area contributed by atoms with Crippen LogP contribution in [0.25, 0.3) is 0 Å². The van der Waals surface area contributed by atoms with Gasteiger partial charge in [0.25, 0.3) is 0 Å². The average Bonchev–Trinajstić information content (AvgIpc) is 3.14. The highest BCUT2D eigenvalue weighted by atomic mass is 32.1. The zero-order valence-corrected chi connectivity index (χ0v) is 21.2. The molecule has 0 saturated heterocycles. The topological polar surface area (TPSA) is 81.7 Å². The summed E-state index contributed by atoms with van der Waals surface area (Å²) in [6.45, 7) is 5.91. The quantitative estimate of drug-likeness (QED) is 0.402. The van der Waals surface area contributed by atoms with Gasteiger partial charge in [0.1, 0.15) is 16.0 Å². The normalized spacial score (nSPS) is 21.4. The Labute approximate surface area is 201 Å². The fourth-order valence-electron chi connectivity index (χ4n) is 5.05. The molecule has 1 aromatic heterocycles. The Hall–Kier alpha value is -1.89. The maximum Gasteiger partial charge on any atom is 0.348 e. The predicted molar refractivity (Wildman–Crippen MR) is 131 cm³/mol. The Morgan fingerprint density at radius 3 is 2.30 bits per heavy atom. The van der Waals surface area contributed by atoms with Crippen molar-refractivity contribution in [1.29, 1.82) is 0 Å². The van der Waals surface area contributed by atoms with Gasteiger partial charge in [-0.3, -0.25) is 4.79 Å². The van der Waals surface area contributed by atoms with E-state index in [1.165, 1.54) is 25.7 Å². The minimum atomic E-state index is -0.512. The number of carbonyl (C=O) groups is 3. The molecule has 2 aliphatic rings. The number of nitrogens with one attached hydrogen (secondary N) is 1. The van der Waals surface area contributed by atoms with Gasteiger partial charge in [0, 0.05) is 5.92 Å². The molecule has 33 heavy (non-hydrogen) atoms. The standard InChI is InChI=1S/C26H39NO5S/c1-4-6-10-18-13-15-19(16-14-18)23(28)27-24-21(25(29)31-5-2)17(3)22(33-24)26(30)32-20-11-8-7-9-12-20/h18-20H,4-16H2,1-3H3,(H,27,28). The molecule has 1 N–H and O–H groups in total. The number of amides is 1. The third-order valence-corrected chi connectivity index (χ3v) is 8.25. The van der Waals surface area contributed by atoms with Crippen molar-refractivity contribution in [3.63, 3.8) is 0 Å². The summed E-state index contributed by atoms with van der Waals surface area (Å²) in [7, 11) is 0. The van der Waals surface area contributed by atoms with E-state index < -0.39 is 11.9 Å². The van der Waals surface area contributed by atoms with E-state index in [-0.39, 0.29) is 30.1 Å². The Balaban J connectivity index is 1.71. The molecular weight excluding hydrogens is 438 g/mol. The minimum Gasteiger partial charge on any atom is -0.462 e. The molecule has 0 radical (unpaired) electrons. The van der Waals surface area contributed by atoms with Crippen LogP contribution in [0.2, 0.25) is 0 Å². The molecule has 2 fully saturated rings. The van der Waals surface area contributed by atoms with Crippen LogP contribution in [0.15, 0.2) is 0 Å². The number of thiophene rings is 1. The van der Waals surface area contributed by atoms with Gasteiger partial charge in [-0.2, -0.15) is 0 Å². The third kappa shape index (κ3) is 6.81. The van der Waals surface area contributed by atoms with Crippen LogP contribution in [0.1, 0.15) is 116 Å². The van der Waals surface area contributed by atoms with Crippen LogP contribution in [0.4, 0.5) is 5.00 Å². The Kier molecular flexibility index (Phi) is 9.78. The largest absolute Gasteiger partial charge is 0.462 e. The average molecular weight is 478 g/mol. The number of anilines is 1. The number of carbonyl (C=O) groups excluding carboxylic acids is 3. The molecule has 0 unspecified atom stereocenters. The third-order valence-electron chi connectivity index (χ3n) is 7.06. The lowest BCUT2D eigenvalue weighted by atomic mass is 9.79. The second-order valence-electron chi connectivity index (χ2n) is 9.50. The highest BCUT2D eigenvalue weighted by Crippen LogP contribution is 2.37. The predicted octanol–water partition coefficient (Wildman–Crippen LogP) is 6.66. The minimum absolute atomic E-state index is 0.0574. The van der Waals surface area contributed by atoms with Gasteiger partial charge in [0.2, 0.25) is 5.91 Å². The van der Waals surface area contributed by atoms with Gasteiger partial charge in [-0.25, -0.2) is 9.59 Å². The first-order valence-corrected chi connectivity index (χ1v) is 13.6. The number of ether oxygens (including phenoxy) is 2. The van der Waals surface area contributed by atoms with Crippen molar-refractivity contribution in [1.82, 2.24) is 0 Å². The summed E-state index contributed by atoms with van der Waals surface area (Å²) < 4.78 is 11.0. The molecule has 1 heterocycles. The summed E-state index contributed by atoms with van der Waals surface area (Å²) in [6.07, 6.45) is 12.6. The molecule has 6 nitrogen and oxygen atoms in total. The van der Waals surface area contributed by atoms with E-state index in [2.05, 4.69) is 12.2 Å². The van der Waals surface area contributed by atoms with Gasteiger partial charge in [-0.05, 0) is 76.7 Å². The van der Waals surface area contributed by atoms with Crippen LogP contribution < -0.4 is 5.32 Å². The molecule has 3 rings (SSSR count). The summed E-state index contributed by atoms with van der Waals surface area (Å²) in [5, 5.41) is 3.37. The Bertz CT molecular complexity index is 819. The van der Waals surface area contributed by atoms with Gasteiger partial charge in [-0.1, -0.05) is 32.6 Å². The lowest BCUT2D eigenvalue weighted by molar-refractivity contribution is -0.121. The molecule has 0 spiro atoms. The number of hydrogen-bond acceptors (Lipinski definition) is 6.